The Balaban J connectivity index is 1.72. The molecule has 5 nitrogen and oxygen atoms in total. The number of carbonyl (C=O) groups excluding carboxylic acids is 1. The van der Waals surface area contributed by atoms with Crippen molar-refractivity contribution in [1.82, 2.24) is 5.32 Å². The molecule has 41 heavy (non-hydrogen) atoms. The number of ether oxygens (including phenoxy) is 1. The van der Waals surface area contributed by atoms with Crippen LogP contribution in [0.15, 0.2) is 97.1 Å². The normalized spacial score (nSPS) is 11.7. The highest BCUT2D eigenvalue weighted by molar-refractivity contribution is 7.98. The van der Waals surface area contributed by atoms with Crippen LogP contribution in [0.1, 0.15) is 44.6 Å². The van der Waals surface area contributed by atoms with E-state index >= 15 is 0 Å². The van der Waals surface area contributed by atoms with Crippen molar-refractivity contribution in [3.63, 3.8) is 0 Å². The molecule has 2 N–H and O–H groups in total. The summed E-state index contributed by atoms with van der Waals surface area (Å²) in [5, 5.41) is 12.6. The van der Waals surface area contributed by atoms with Crippen LogP contribution in [0, 0.1) is 6.92 Å². The Morgan fingerprint density at radius 2 is 1.51 bits per heavy atom. The van der Waals surface area contributed by atoms with E-state index in [1.54, 1.807) is 11.8 Å². The maximum Gasteiger partial charge on any atom is 0.326 e. The Kier molecular flexibility index (Phi) is 11.2. The summed E-state index contributed by atoms with van der Waals surface area (Å²) in [6.45, 7) is 3.00. The first-order chi connectivity index (χ1) is 20.0. The van der Waals surface area contributed by atoms with Crippen LogP contribution in [0.5, 0.6) is 0 Å². The van der Waals surface area contributed by atoms with Crippen LogP contribution in [-0.2, 0) is 29.0 Å². The molecule has 0 bridgehead atoms. The molecule has 4 rings (SSSR count). The van der Waals surface area contributed by atoms with Gasteiger partial charge in [0.1, 0.15) is 6.04 Å². The smallest absolute Gasteiger partial charge is 0.326 e. The van der Waals surface area contributed by atoms with Crippen molar-refractivity contribution in [2.24, 2.45) is 0 Å². The van der Waals surface area contributed by atoms with E-state index < -0.39 is 12.0 Å². The summed E-state index contributed by atoms with van der Waals surface area (Å²) in [5.41, 5.74) is 7.54. The monoisotopic (exact) mass is 567 g/mol. The molecule has 0 aliphatic rings. The second-order valence-corrected chi connectivity index (χ2v) is 11.1. The minimum atomic E-state index is -1.03. The molecule has 6 heteroatoms. The number of carboxylic acids is 1. The quantitative estimate of drug-likeness (QED) is 0.161. The Labute approximate surface area is 247 Å². The van der Waals surface area contributed by atoms with Gasteiger partial charge in [-0.05, 0) is 89.3 Å². The predicted octanol–water partition coefficient (Wildman–Crippen LogP) is 6.95. The van der Waals surface area contributed by atoms with Crippen LogP contribution in [-0.4, -0.2) is 41.6 Å². The van der Waals surface area contributed by atoms with Crippen molar-refractivity contribution < 1.29 is 19.4 Å². The number of amides is 1. The zero-order valence-corrected chi connectivity index (χ0v) is 24.5. The highest BCUT2D eigenvalue weighted by Crippen LogP contribution is 2.31. The minimum Gasteiger partial charge on any atom is -0.480 e. The number of hydrogen-bond acceptors (Lipinski definition) is 4. The minimum absolute atomic E-state index is 0.353. The molecule has 0 fully saturated rings. The molecule has 0 saturated carbocycles. The van der Waals surface area contributed by atoms with Gasteiger partial charge in [-0.25, -0.2) is 4.79 Å². The van der Waals surface area contributed by atoms with Crippen molar-refractivity contribution in [2.45, 2.75) is 38.8 Å². The average Bonchev–Trinajstić information content (AvgIpc) is 2.99. The Morgan fingerprint density at radius 3 is 2.17 bits per heavy atom. The van der Waals surface area contributed by atoms with Gasteiger partial charge in [0.2, 0.25) is 0 Å². The lowest BCUT2D eigenvalue weighted by Crippen LogP contribution is -2.41. The molecule has 4 aromatic carbocycles. The van der Waals surface area contributed by atoms with Crippen LogP contribution >= 0.6 is 11.8 Å². The van der Waals surface area contributed by atoms with Gasteiger partial charge in [-0.15, -0.1) is 0 Å². The van der Waals surface area contributed by atoms with Crippen LogP contribution < -0.4 is 5.32 Å². The summed E-state index contributed by atoms with van der Waals surface area (Å²) < 4.78 is 6.18. The molecule has 1 atom stereocenters. The zero-order chi connectivity index (χ0) is 29.0. The predicted molar refractivity (Wildman–Crippen MR) is 168 cm³/mol. The molecule has 0 spiro atoms. The van der Waals surface area contributed by atoms with E-state index in [1.165, 1.54) is 5.56 Å². The number of nitrogens with one attached hydrogen (secondary N) is 1. The van der Waals surface area contributed by atoms with Crippen molar-refractivity contribution in [2.75, 3.05) is 18.6 Å². The molecule has 0 aliphatic carbocycles. The Bertz CT molecular complexity index is 1440. The summed E-state index contributed by atoms with van der Waals surface area (Å²) in [6.07, 6.45) is 3.72. The second-order valence-electron chi connectivity index (χ2n) is 10.1. The first-order valence-electron chi connectivity index (χ1n) is 13.9. The topological polar surface area (TPSA) is 75.6 Å². The molecule has 1 unspecified atom stereocenters. The lowest BCUT2D eigenvalue weighted by Gasteiger charge is -2.20. The third kappa shape index (κ3) is 8.56. The van der Waals surface area contributed by atoms with Gasteiger partial charge in [-0.2, -0.15) is 11.8 Å². The first kappa shape index (κ1) is 30.1. The molecule has 4 aromatic rings. The number of aliphatic carboxylic acids is 1. The number of hydrogen-bond donors (Lipinski definition) is 2. The lowest BCUT2D eigenvalue weighted by molar-refractivity contribution is -0.139. The summed E-state index contributed by atoms with van der Waals surface area (Å²) in [6, 6.07) is 31.3. The third-order valence-corrected chi connectivity index (χ3v) is 7.75. The van der Waals surface area contributed by atoms with Gasteiger partial charge in [0.25, 0.3) is 5.91 Å². The summed E-state index contributed by atoms with van der Waals surface area (Å²) in [7, 11) is 0. The highest BCUT2D eigenvalue weighted by atomic mass is 32.2. The molecule has 1 amide bonds. The SMILES string of the molecule is CSCCC(NC(=O)c1cc(Cc2ccccc2)c(COCCc2ccccc2)cc1-c1ccccc1C)C(=O)O. The largest absolute Gasteiger partial charge is 0.480 e. The number of rotatable bonds is 14. The first-order valence-corrected chi connectivity index (χ1v) is 15.3. The summed E-state index contributed by atoms with van der Waals surface area (Å²) in [5.74, 6) is -0.777. The highest BCUT2D eigenvalue weighted by Gasteiger charge is 2.24. The molecule has 0 heterocycles. The lowest BCUT2D eigenvalue weighted by atomic mass is 9.89. The fourth-order valence-electron chi connectivity index (χ4n) is 4.84. The van der Waals surface area contributed by atoms with E-state index in [2.05, 4.69) is 35.6 Å². The van der Waals surface area contributed by atoms with Crippen LogP contribution in [0.25, 0.3) is 11.1 Å². The average molecular weight is 568 g/mol. The van der Waals surface area contributed by atoms with Crippen molar-refractivity contribution in [3.05, 3.63) is 130 Å². The van der Waals surface area contributed by atoms with E-state index in [-0.39, 0.29) is 5.91 Å². The van der Waals surface area contributed by atoms with Crippen molar-refractivity contribution >= 4 is 23.6 Å². The Hall–Kier alpha value is -3.87. The van der Waals surface area contributed by atoms with Gasteiger partial charge in [-0.3, -0.25) is 4.79 Å². The van der Waals surface area contributed by atoms with E-state index in [9.17, 15) is 14.7 Å². The van der Waals surface area contributed by atoms with Crippen molar-refractivity contribution in [1.29, 1.82) is 0 Å². The molecule has 0 aromatic heterocycles. The second kappa shape index (κ2) is 15.2. The van der Waals surface area contributed by atoms with E-state index in [1.807, 2.05) is 79.9 Å². The Morgan fingerprint density at radius 1 is 0.854 bits per heavy atom. The van der Waals surface area contributed by atoms with Gasteiger partial charge in [0.15, 0.2) is 0 Å². The van der Waals surface area contributed by atoms with Gasteiger partial charge in [0.05, 0.1) is 13.2 Å². The number of aryl methyl sites for hydroxylation is 1. The van der Waals surface area contributed by atoms with Gasteiger partial charge in [-0.1, -0.05) is 84.9 Å². The maximum atomic E-state index is 13.7. The molecular weight excluding hydrogens is 530 g/mol. The zero-order valence-electron chi connectivity index (χ0n) is 23.6. The standard InChI is InChI=1S/C35H37NO4S/c1-25-11-9-10-16-30(25)31-23-29(24-40-19-17-26-12-5-3-6-13-26)28(21-27-14-7-4-8-15-27)22-32(31)34(37)36-33(35(38)39)18-20-41-2/h3-16,22-23,33H,17-21,24H2,1-2H3,(H,36,37)(H,38,39). The number of thioether (sulfide) groups is 1. The molecule has 0 saturated heterocycles. The molecule has 0 aliphatic heterocycles. The maximum absolute atomic E-state index is 13.7. The third-order valence-electron chi connectivity index (χ3n) is 7.11. The van der Waals surface area contributed by atoms with Gasteiger partial charge in [0, 0.05) is 5.56 Å². The fourth-order valence-corrected chi connectivity index (χ4v) is 5.31. The van der Waals surface area contributed by atoms with Crippen LogP contribution in [0.4, 0.5) is 0 Å². The number of carbonyl (C=O) groups is 2. The number of benzene rings is 4. The van der Waals surface area contributed by atoms with E-state index in [0.717, 1.165) is 39.8 Å². The summed E-state index contributed by atoms with van der Waals surface area (Å²) >= 11 is 1.56. The van der Waals surface area contributed by atoms with Crippen LogP contribution in [0.2, 0.25) is 0 Å². The number of carboxylic acid groups (broad SMARTS) is 1. The van der Waals surface area contributed by atoms with Crippen LogP contribution in [0.3, 0.4) is 0 Å². The van der Waals surface area contributed by atoms with Crippen molar-refractivity contribution in [3.8, 4) is 11.1 Å². The molecule has 0 radical (unpaired) electrons. The fraction of sp³-hybridized carbons (Fsp3) is 0.257. The van der Waals surface area contributed by atoms with Gasteiger partial charge >= 0.3 is 5.97 Å². The van der Waals surface area contributed by atoms with E-state index in [0.29, 0.717) is 37.4 Å². The summed E-state index contributed by atoms with van der Waals surface area (Å²) in [4.78, 5) is 25.7. The molecule has 212 valence electrons. The van der Waals surface area contributed by atoms with Gasteiger partial charge < -0.3 is 15.2 Å². The molecular formula is C35H37NO4S. The van der Waals surface area contributed by atoms with E-state index in [4.69, 9.17) is 4.74 Å².